The zero-order valence-corrected chi connectivity index (χ0v) is 75.1. The lowest BCUT2D eigenvalue weighted by molar-refractivity contribution is 1.16. The second-order valence-electron chi connectivity index (χ2n) is 38.6. The van der Waals surface area contributed by atoms with Crippen molar-refractivity contribution in [1.29, 1.82) is 0 Å². The SMILES string of the molecule is c1ccc2c(c1)Cc1c-2ccc2c1-c1ccc3c4cccnc4n4c5ncccc5nc4c3c1C2.c1ccc2c(c1)Cc1c-2ccc2c1Cc1c-2ccc2c3cccnc3n3c4ncccc4nc3c12.c1ccc2c(c1)Cc1cc3c(cc1-2)-c1ccc2c4cccnc4n4c5ncccc5nc4c2c1C3.c1ccc2c(c1)Cc1cc3c(cc1-2)Cc1c-3ccc2c3cccnc3n3c4ncccc4nc3c12. The number of hydrogen-bond donors (Lipinski definition) is 0. The molecule has 0 N–H and O–H groups in total. The van der Waals surface area contributed by atoms with Gasteiger partial charge < -0.3 is 0 Å². The second-order valence-corrected chi connectivity index (χ2v) is 38.6. The quantitative estimate of drug-likeness (QED) is 0.132. The summed E-state index contributed by atoms with van der Waals surface area (Å²) in [5, 5.41) is 14.3. The molecule has 0 amide bonds. The maximum absolute atomic E-state index is 5.10. The fourth-order valence-electron chi connectivity index (χ4n) is 26.0. The molecular weight excluding hydrogens is 1710 g/mol. The zero-order chi connectivity index (χ0) is 90.7. The van der Waals surface area contributed by atoms with Gasteiger partial charge in [-0.2, -0.15) is 0 Å². The van der Waals surface area contributed by atoms with E-state index in [2.05, 4.69) is 256 Å². The summed E-state index contributed by atoms with van der Waals surface area (Å²) < 4.78 is 8.59. The number of benzene rings is 12. The number of pyridine rings is 12. The molecule has 16 heterocycles. The van der Waals surface area contributed by atoms with E-state index in [0.717, 1.165) is 163 Å². The highest BCUT2D eigenvalue weighted by molar-refractivity contribution is 6.21. The van der Waals surface area contributed by atoms with Gasteiger partial charge in [-0.05, 0) is 366 Å². The minimum atomic E-state index is 0.858. The van der Waals surface area contributed by atoms with Gasteiger partial charge in [0.2, 0.25) is 0 Å². The molecule has 0 bridgehead atoms. The predicted molar refractivity (Wildman–Crippen MR) is 559 cm³/mol. The van der Waals surface area contributed by atoms with Crippen LogP contribution in [0.1, 0.15) is 89.0 Å². The first-order valence-electron chi connectivity index (χ1n) is 48.2. The molecule has 8 aliphatic carbocycles. The number of fused-ring (bicyclic) bond motifs is 62. The molecule has 28 aromatic rings. The normalized spacial score (nSPS) is 13.5. The van der Waals surface area contributed by atoms with Gasteiger partial charge in [-0.15, -0.1) is 0 Å². The molecule has 16 heteroatoms. The van der Waals surface area contributed by atoms with Crippen molar-refractivity contribution < 1.29 is 0 Å². The van der Waals surface area contributed by atoms with Crippen LogP contribution >= 0.6 is 0 Å². The van der Waals surface area contributed by atoms with Crippen LogP contribution in [0.2, 0.25) is 0 Å². The first-order valence-corrected chi connectivity index (χ1v) is 48.2. The third-order valence-corrected chi connectivity index (χ3v) is 31.8. The van der Waals surface area contributed by atoms with E-state index in [9.17, 15) is 0 Å². The van der Waals surface area contributed by atoms with E-state index in [1.165, 1.54) is 221 Å². The standard InChI is InChI=1S/4C31H18N4/c1-2-6-19-17(5-1)15-24-20(19)10-9-18-16-25-22(27(18)24)12-11-21-23-7-3-13-32-29(23)35-30-26(8-4-14-33-30)34-31(35)28(21)25;1-2-6-18-17(5-1)15-24-19(18)9-10-20-21-11-12-22-23-7-3-13-32-29(23)35-30-27(8-4-14-33-30)34-31(35)28(22)26(21)16-25(20)24;1-2-6-20-17(5-1)13-18-14-25-19(15-24(18)20)16-26-21(25)9-10-22-23-7-3-11-32-29(23)35-30-27(8-4-12-33-30)34-31(35)28(22)26;1-2-6-20-17(5-1)13-18-14-19-15-26-21(25(19)16-24(18)20)9-10-22-23-7-3-11-32-29(23)35-30-27(8-4-12-33-30)34-31(35)28(22)26/h2*1-14H,15-16H2;1-12,14-15H,13,16H2;1-12,14,16H,13,15H2. The summed E-state index contributed by atoms with van der Waals surface area (Å²) in [5.74, 6) is 0. The van der Waals surface area contributed by atoms with Crippen molar-refractivity contribution in [2.75, 3.05) is 0 Å². The van der Waals surface area contributed by atoms with Crippen LogP contribution in [-0.2, 0) is 51.4 Å². The summed E-state index contributed by atoms with van der Waals surface area (Å²) in [6.45, 7) is 0. The molecule has 0 spiro atoms. The number of imidazole rings is 4. The van der Waals surface area contributed by atoms with E-state index in [1.807, 2.05) is 122 Å². The minimum absolute atomic E-state index is 0.858. The maximum Gasteiger partial charge on any atom is 0.166 e. The maximum atomic E-state index is 5.10. The van der Waals surface area contributed by atoms with Gasteiger partial charge in [-0.1, -0.05) is 176 Å². The van der Waals surface area contributed by atoms with Crippen LogP contribution in [-0.4, -0.2) is 77.4 Å². The average Bonchev–Trinajstić information content (AvgIpc) is 1.55. The molecule has 0 atom stereocenters. The fourth-order valence-corrected chi connectivity index (χ4v) is 26.0. The highest BCUT2D eigenvalue weighted by Gasteiger charge is 2.37. The van der Waals surface area contributed by atoms with Crippen molar-refractivity contribution in [1.82, 2.24) is 77.4 Å². The molecule has 0 saturated carbocycles. The lowest BCUT2D eigenvalue weighted by atomic mass is 9.94. The Labute approximate surface area is 796 Å². The van der Waals surface area contributed by atoms with Crippen LogP contribution < -0.4 is 0 Å². The third kappa shape index (κ3) is 10.2. The molecule has 36 rings (SSSR count). The van der Waals surface area contributed by atoms with Gasteiger partial charge in [-0.3, -0.25) is 17.6 Å². The van der Waals surface area contributed by atoms with Gasteiger partial charge in [0.05, 0.1) is 0 Å². The van der Waals surface area contributed by atoms with Gasteiger partial charge in [0.1, 0.15) is 67.2 Å². The fraction of sp³-hybridized carbons (Fsp3) is 0.0645. The van der Waals surface area contributed by atoms with Crippen molar-refractivity contribution in [2.24, 2.45) is 0 Å². The Morgan fingerprint density at radius 1 is 0.150 bits per heavy atom. The molecule has 0 aliphatic heterocycles. The minimum Gasteiger partial charge on any atom is -0.260 e. The first-order chi connectivity index (χ1) is 69.4. The number of hydrogen-bond acceptors (Lipinski definition) is 12. The van der Waals surface area contributed by atoms with Crippen LogP contribution in [0.4, 0.5) is 0 Å². The number of rotatable bonds is 0. The molecule has 8 aliphatic rings. The zero-order valence-electron chi connectivity index (χ0n) is 75.1. The molecule has 16 aromatic heterocycles. The van der Waals surface area contributed by atoms with Crippen molar-refractivity contribution >= 4 is 154 Å². The average molecular weight is 1790 g/mol. The Morgan fingerprint density at radius 3 is 0.850 bits per heavy atom. The molecule has 140 heavy (non-hydrogen) atoms. The highest BCUT2D eigenvalue weighted by Crippen LogP contribution is 2.56. The smallest absolute Gasteiger partial charge is 0.166 e. The van der Waals surface area contributed by atoms with Crippen molar-refractivity contribution in [2.45, 2.75) is 51.4 Å². The predicted octanol–water partition coefficient (Wildman–Crippen LogP) is 26.9. The molecule has 16 nitrogen and oxygen atoms in total. The van der Waals surface area contributed by atoms with Crippen LogP contribution in [0.3, 0.4) is 0 Å². The van der Waals surface area contributed by atoms with Gasteiger partial charge in [0.15, 0.2) is 22.6 Å². The van der Waals surface area contributed by atoms with Gasteiger partial charge in [0.25, 0.3) is 0 Å². The van der Waals surface area contributed by atoms with E-state index in [1.54, 1.807) is 0 Å². The molecule has 0 fully saturated rings. The van der Waals surface area contributed by atoms with E-state index in [0.29, 0.717) is 0 Å². The van der Waals surface area contributed by atoms with Crippen LogP contribution in [0, 0.1) is 0 Å². The van der Waals surface area contributed by atoms with E-state index < -0.39 is 0 Å². The van der Waals surface area contributed by atoms with E-state index >= 15 is 0 Å². The Morgan fingerprint density at radius 2 is 0.414 bits per heavy atom. The molecule has 0 unspecified atom stereocenters. The van der Waals surface area contributed by atoms with Crippen LogP contribution in [0.25, 0.3) is 243 Å². The highest BCUT2D eigenvalue weighted by atomic mass is 15.1. The summed E-state index contributed by atoms with van der Waals surface area (Å²) in [7, 11) is 0. The monoisotopic (exact) mass is 1780 g/mol. The van der Waals surface area contributed by atoms with Gasteiger partial charge in [-0.25, -0.2) is 59.8 Å². The lowest BCUT2D eigenvalue weighted by Crippen LogP contribution is -1.97. The summed E-state index contributed by atoms with van der Waals surface area (Å²) in [4.78, 5) is 58.2. The van der Waals surface area contributed by atoms with Crippen LogP contribution in [0.5, 0.6) is 0 Å². The Kier molecular flexibility index (Phi) is 14.9. The second kappa shape index (κ2) is 27.7. The van der Waals surface area contributed by atoms with E-state index in [4.69, 9.17) is 39.9 Å². The molecule has 12 aromatic carbocycles. The Bertz CT molecular complexity index is 10600. The van der Waals surface area contributed by atoms with E-state index in [-0.39, 0.29) is 0 Å². The van der Waals surface area contributed by atoms with Crippen molar-refractivity contribution in [3.8, 4) is 89.0 Å². The number of aromatic nitrogens is 16. The van der Waals surface area contributed by atoms with Crippen molar-refractivity contribution in [3.05, 3.63) is 430 Å². The molecule has 648 valence electrons. The first kappa shape index (κ1) is 75.1. The largest absolute Gasteiger partial charge is 0.260 e. The molecule has 0 radical (unpaired) electrons. The lowest BCUT2D eigenvalue weighted by Gasteiger charge is -2.12. The number of nitrogens with zero attached hydrogens (tertiary/aromatic N) is 16. The molecular formula is C124H72N16. The van der Waals surface area contributed by atoms with Gasteiger partial charge in [0, 0.05) is 92.7 Å². The van der Waals surface area contributed by atoms with Gasteiger partial charge >= 0.3 is 0 Å². The summed E-state index contributed by atoms with van der Waals surface area (Å²) in [5.41, 5.74) is 59.1. The summed E-state index contributed by atoms with van der Waals surface area (Å²) >= 11 is 0. The third-order valence-electron chi connectivity index (χ3n) is 31.8. The van der Waals surface area contributed by atoms with Crippen molar-refractivity contribution in [3.63, 3.8) is 0 Å². The summed E-state index contributed by atoms with van der Waals surface area (Å²) in [6.07, 6.45) is 22.5. The van der Waals surface area contributed by atoms with Crippen LogP contribution in [0.15, 0.2) is 341 Å². The molecule has 0 saturated heterocycles. The Balaban J connectivity index is 0.0000000829. The topological polar surface area (TPSA) is 172 Å². The Hall–Kier alpha value is -18.3. The summed E-state index contributed by atoms with van der Waals surface area (Å²) in [6, 6.07) is 105.